The van der Waals surface area contributed by atoms with E-state index in [1.807, 2.05) is 24.3 Å². The molecule has 6 heteroatoms. The first-order chi connectivity index (χ1) is 14.8. The van der Waals surface area contributed by atoms with Gasteiger partial charge in [0.25, 0.3) is 0 Å². The van der Waals surface area contributed by atoms with Crippen LogP contribution in [0.4, 0.5) is 16.2 Å². The summed E-state index contributed by atoms with van der Waals surface area (Å²) >= 11 is 0. The summed E-state index contributed by atoms with van der Waals surface area (Å²) in [6.07, 6.45) is -0.646. The maximum absolute atomic E-state index is 12.7. The molecule has 0 aliphatic heterocycles. The van der Waals surface area contributed by atoms with Gasteiger partial charge < -0.3 is 15.6 Å². The Morgan fingerprint density at radius 2 is 1.48 bits per heavy atom. The van der Waals surface area contributed by atoms with E-state index in [0.29, 0.717) is 28.1 Å². The molecular weight excluding hydrogens is 392 g/mol. The maximum Gasteiger partial charge on any atom is 0.411 e. The highest BCUT2D eigenvalue weighted by molar-refractivity contribution is 5.99. The predicted molar refractivity (Wildman–Crippen MR) is 121 cm³/mol. The zero-order chi connectivity index (χ0) is 22.3. The zero-order valence-electron chi connectivity index (χ0n) is 17.7. The maximum atomic E-state index is 12.7. The van der Waals surface area contributed by atoms with Crippen molar-refractivity contribution in [1.29, 1.82) is 0 Å². The molecule has 0 fully saturated rings. The lowest BCUT2D eigenvalue weighted by Crippen LogP contribution is -2.20. The lowest BCUT2D eigenvalue weighted by atomic mass is 9.95. The van der Waals surface area contributed by atoms with Gasteiger partial charge in [0, 0.05) is 11.6 Å². The Morgan fingerprint density at radius 1 is 0.935 bits per heavy atom. The van der Waals surface area contributed by atoms with E-state index in [9.17, 15) is 14.7 Å². The summed E-state index contributed by atoms with van der Waals surface area (Å²) in [5.41, 5.74) is 13.0. The van der Waals surface area contributed by atoms with Crippen LogP contribution in [0.3, 0.4) is 0 Å². The van der Waals surface area contributed by atoms with E-state index in [4.69, 9.17) is 10.5 Å². The van der Waals surface area contributed by atoms with Crippen molar-refractivity contribution in [2.45, 2.75) is 26.7 Å². The van der Waals surface area contributed by atoms with Crippen LogP contribution in [0.1, 0.15) is 44.1 Å². The molecule has 0 heterocycles. The minimum absolute atomic E-state index is 0.0574. The third-order valence-corrected chi connectivity index (χ3v) is 6.09. The topological polar surface area (TPSA) is 102 Å². The van der Waals surface area contributed by atoms with Gasteiger partial charge in [-0.25, -0.2) is 9.59 Å². The second-order valence-corrected chi connectivity index (χ2v) is 7.79. The van der Waals surface area contributed by atoms with E-state index in [-0.39, 0.29) is 18.1 Å². The van der Waals surface area contributed by atoms with E-state index in [0.717, 1.165) is 22.3 Å². The molecule has 0 unspecified atom stereocenters. The Balaban J connectivity index is 1.57. The molecule has 0 saturated heterocycles. The molecule has 4 rings (SSSR count). The molecular formula is C25H24N2O4. The van der Waals surface area contributed by atoms with Gasteiger partial charge in [-0.1, -0.05) is 48.5 Å². The second-order valence-electron chi connectivity index (χ2n) is 7.79. The number of fused-ring (bicyclic) bond motifs is 3. The Morgan fingerprint density at radius 3 is 2.03 bits per heavy atom. The first kappa shape index (κ1) is 20.5. The number of carbonyl (C=O) groups is 2. The van der Waals surface area contributed by atoms with E-state index >= 15 is 0 Å². The highest BCUT2D eigenvalue weighted by Crippen LogP contribution is 2.44. The van der Waals surface area contributed by atoms with Crippen molar-refractivity contribution in [2.75, 3.05) is 17.7 Å². The Bertz CT molecular complexity index is 1170. The Labute approximate surface area is 180 Å². The molecule has 31 heavy (non-hydrogen) atoms. The Kier molecular flexibility index (Phi) is 5.15. The molecule has 0 bridgehead atoms. The number of aromatic carboxylic acids is 1. The standard InChI is InChI=1S/C25H24N2O4/c1-13-21(24(28)29)14(2)23(15(3)22(13)26)27-25(30)31-12-20-18-10-6-4-8-16(18)17-9-5-7-11-19(17)20/h4-11,20H,12,26H2,1-3H3,(H,27,30)(H,28,29). The fourth-order valence-electron chi connectivity index (χ4n) is 4.48. The van der Waals surface area contributed by atoms with Crippen molar-refractivity contribution in [3.63, 3.8) is 0 Å². The number of anilines is 2. The lowest BCUT2D eigenvalue weighted by Gasteiger charge is -2.19. The zero-order valence-corrected chi connectivity index (χ0v) is 17.7. The molecule has 1 aliphatic rings. The molecule has 0 radical (unpaired) electrons. The van der Waals surface area contributed by atoms with Crippen molar-refractivity contribution in [1.82, 2.24) is 0 Å². The van der Waals surface area contributed by atoms with E-state index in [1.54, 1.807) is 20.8 Å². The molecule has 3 aromatic rings. The average Bonchev–Trinajstić information content (AvgIpc) is 3.07. The quantitative estimate of drug-likeness (QED) is 0.504. The van der Waals surface area contributed by atoms with E-state index in [1.165, 1.54) is 0 Å². The third kappa shape index (κ3) is 3.40. The van der Waals surface area contributed by atoms with Crippen LogP contribution in [0.25, 0.3) is 11.1 Å². The minimum Gasteiger partial charge on any atom is -0.478 e. The highest BCUT2D eigenvalue weighted by Gasteiger charge is 2.29. The molecule has 0 spiro atoms. The molecule has 0 aromatic heterocycles. The summed E-state index contributed by atoms with van der Waals surface area (Å²) in [7, 11) is 0. The number of rotatable bonds is 4. The minimum atomic E-state index is -1.09. The number of carbonyl (C=O) groups excluding carboxylic acids is 1. The van der Waals surface area contributed by atoms with Crippen molar-refractivity contribution < 1.29 is 19.4 Å². The number of carboxylic acid groups (broad SMARTS) is 1. The number of nitrogens with one attached hydrogen (secondary N) is 1. The van der Waals surface area contributed by atoms with E-state index in [2.05, 4.69) is 29.6 Å². The lowest BCUT2D eigenvalue weighted by molar-refractivity contribution is 0.0695. The smallest absolute Gasteiger partial charge is 0.411 e. The number of amides is 1. The molecule has 4 N–H and O–H groups in total. The number of carboxylic acids is 1. The van der Waals surface area contributed by atoms with Crippen LogP contribution in [-0.4, -0.2) is 23.8 Å². The van der Waals surface area contributed by atoms with Crippen LogP contribution in [0, 0.1) is 20.8 Å². The molecule has 1 aliphatic carbocycles. The van der Waals surface area contributed by atoms with Crippen molar-refractivity contribution in [3.8, 4) is 11.1 Å². The van der Waals surface area contributed by atoms with Gasteiger partial charge in [-0.05, 0) is 59.7 Å². The van der Waals surface area contributed by atoms with Gasteiger partial charge in [0.1, 0.15) is 6.61 Å². The van der Waals surface area contributed by atoms with Crippen LogP contribution in [-0.2, 0) is 4.74 Å². The van der Waals surface area contributed by atoms with Crippen molar-refractivity contribution >= 4 is 23.4 Å². The van der Waals surface area contributed by atoms with Crippen molar-refractivity contribution in [3.05, 3.63) is 81.9 Å². The van der Waals surface area contributed by atoms with Crippen LogP contribution >= 0.6 is 0 Å². The fraction of sp³-hybridized carbons (Fsp3) is 0.200. The van der Waals surface area contributed by atoms with Gasteiger partial charge in [-0.3, -0.25) is 5.32 Å². The molecule has 158 valence electrons. The van der Waals surface area contributed by atoms with Gasteiger partial charge >= 0.3 is 12.1 Å². The molecule has 0 atom stereocenters. The predicted octanol–water partition coefficient (Wildman–Crippen LogP) is 5.25. The van der Waals surface area contributed by atoms with Gasteiger partial charge in [0.2, 0.25) is 0 Å². The van der Waals surface area contributed by atoms with Gasteiger partial charge in [0.15, 0.2) is 0 Å². The summed E-state index contributed by atoms with van der Waals surface area (Å²) in [6, 6.07) is 16.2. The molecule has 3 aromatic carbocycles. The van der Waals surface area contributed by atoms with Gasteiger partial charge in [-0.15, -0.1) is 0 Å². The molecule has 6 nitrogen and oxygen atoms in total. The largest absolute Gasteiger partial charge is 0.478 e. The molecule has 1 amide bonds. The summed E-state index contributed by atoms with van der Waals surface area (Å²) in [4.78, 5) is 24.3. The Hall–Kier alpha value is -3.80. The SMILES string of the molecule is Cc1c(N)c(C)c(C(=O)O)c(C)c1NC(=O)OCC1c2ccccc2-c2ccccc21. The summed E-state index contributed by atoms with van der Waals surface area (Å²) < 4.78 is 5.59. The first-order valence-electron chi connectivity index (χ1n) is 10.1. The third-order valence-electron chi connectivity index (χ3n) is 6.09. The number of nitrogen functional groups attached to an aromatic ring is 1. The van der Waals surface area contributed by atoms with Gasteiger partial charge in [0.05, 0.1) is 11.3 Å². The van der Waals surface area contributed by atoms with E-state index < -0.39 is 12.1 Å². The number of hydrogen-bond acceptors (Lipinski definition) is 4. The summed E-state index contributed by atoms with van der Waals surface area (Å²) in [6.45, 7) is 5.24. The van der Waals surface area contributed by atoms with Crippen LogP contribution in [0.5, 0.6) is 0 Å². The van der Waals surface area contributed by atoms with Crippen molar-refractivity contribution in [2.24, 2.45) is 0 Å². The summed E-state index contributed by atoms with van der Waals surface area (Å²) in [5.74, 6) is -1.14. The normalized spacial score (nSPS) is 12.2. The highest BCUT2D eigenvalue weighted by atomic mass is 16.5. The van der Waals surface area contributed by atoms with Crippen LogP contribution in [0.15, 0.2) is 48.5 Å². The first-order valence-corrected chi connectivity index (χ1v) is 10.1. The number of ether oxygens (including phenoxy) is 1. The number of nitrogens with two attached hydrogens (primary N) is 1. The number of hydrogen-bond donors (Lipinski definition) is 3. The van der Waals surface area contributed by atoms with Crippen LogP contribution in [0.2, 0.25) is 0 Å². The average molecular weight is 416 g/mol. The monoisotopic (exact) mass is 416 g/mol. The summed E-state index contributed by atoms with van der Waals surface area (Å²) in [5, 5.41) is 12.3. The second kappa shape index (κ2) is 7.80. The fourth-order valence-corrected chi connectivity index (χ4v) is 4.48. The van der Waals surface area contributed by atoms with Gasteiger partial charge in [-0.2, -0.15) is 0 Å². The number of benzene rings is 3. The molecule has 0 saturated carbocycles. The van der Waals surface area contributed by atoms with Crippen LogP contribution < -0.4 is 11.1 Å².